The molecule has 0 aliphatic carbocycles. The van der Waals surface area contributed by atoms with E-state index in [1.165, 1.54) is 17.8 Å². The molecule has 9 heteroatoms. The Bertz CT molecular complexity index is 901. The van der Waals surface area contributed by atoms with Crippen LogP contribution in [0.25, 0.3) is 0 Å². The third kappa shape index (κ3) is 4.74. The van der Waals surface area contributed by atoms with Gasteiger partial charge in [-0.15, -0.1) is 10.2 Å². The molecule has 2 aromatic carbocycles. The van der Waals surface area contributed by atoms with Crippen LogP contribution in [0.4, 0.5) is 5.69 Å². The molecule has 0 saturated heterocycles. The summed E-state index contributed by atoms with van der Waals surface area (Å²) in [5.41, 5.74) is 0.860. The van der Waals surface area contributed by atoms with E-state index in [-0.39, 0.29) is 17.5 Å². The summed E-state index contributed by atoms with van der Waals surface area (Å²) in [6, 6.07) is 13.4. The normalized spacial score (nSPS) is 11.9. The molecule has 3 aromatic rings. The zero-order valence-corrected chi connectivity index (χ0v) is 15.2. The van der Waals surface area contributed by atoms with Crippen molar-refractivity contribution in [2.45, 2.75) is 24.0 Å². The van der Waals surface area contributed by atoms with Crippen molar-refractivity contribution in [1.29, 1.82) is 0 Å². The van der Waals surface area contributed by atoms with Crippen molar-refractivity contribution in [2.75, 3.05) is 0 Å². The van der Waals surface area contributed by atoms with Crippen LogP contribution in [0.1, 0.15) is 23.6 Å². The van der Waals surface area contributed by atoms with Gasteiger partial charge in [0.2, 0.25) is 0 Å². The number of aromatic nitrogens is 2. The number of nitrogens with zero attached hydrogens (tertiary/aromatic N) is 3. The van der Waals surface area contributed by atoms with Gasteiger partial charge in [-0.25, -0.2) is 0 Å². The highest BCUT2D eigenvalue weighted by molar-refractivity contribution is 7.99. The van der Waals surface area contributed by atoms with Crippen LogP contribution >= 0.6 is 23.4 Å². The highest BCUT2D eigenvalue weighted by Crippen LogP contribution is 2.35. The van der Waals surface area contributed by atoms with E-state index in [1.807, 2.05) is 13.0 Å². The van der Waals surface area contributed by atoms with Crippen molar-refractivity contribution in [1.82, 2.24) is 10.2 Å². The smallest absolute Gasteiger partial charge is 0.277 e. The first kappa shape index (κ1) is 18.2. The summed E-state index contributed by atoms with van der Waals surface area (Å²) in [5, 5.41) is 19.7. The number of benzene rings is 2. The molecule has 26 heavy (non-hydrogen) atoms. The standard InChI is InChI=1S/C17H14ClN3O4S/c1-11(12-3-2-4-14(9-12)21(22)23)26-17-20-19-16(25-17)10-24-15-7-5-13(18)6-8-15/h2-9,11H,10H2,1H3/t11-/m0/s1. The Balaban J connectivity index is 1.60. The molecule has 1 heterocycles. The molecule has 134 valence electrons. The number of nitro groups is 1. The topological polar surface area (TPSA) is 91.3 Å². The number of nitro benzene ring substituents is 1. The maximum Gasteiger partial charge on any atom is 0.277 e. The van der Waals surface area contributed by atoms with Crippen LogP contribution in [-0.2, 0) is 6.61 Å². The minimum Gasteiger partial charge on any atom is -0.484 e. The molecule has 3 rings (SSSR count). The predicted molar refractivity (Wildman–Crippen MR) is 97.5 cm³/mol. The number of halogens is 1. The molecule has 0 fully saturated rings. The zero-order chi connectivity index (χ0) is 18.5. The lowest BCUT2D eigenvalue weighted by atomic mass is 10.1. The van der Waals surface area contributed by atoms with Gasteiger partial charge in [0.1, 0.15) is 5.75 Å². The number of rotatable bonds is 7. The molecule has 0 bridgehead atoms. The zero-order valence-electron chi connectivity index (χ0n) is 13.7. The van der Waals surface area contributed by atoms with E-state index in [4.69, 9.17) is 20.8 Å². The SMILES string of the molecule is C[C@H](Sc1nnc(COc2ccc(Cl)cc2)o1)c1cccc([N+](=O)[O-])c1. The van der Waals surface area contributed by atoms with Crippen LogP contribution in [0.15, 0.2) is 58.2 Å². The third-order valence-corrected chi connectivity index (χ3v) is 4.70. The van der Waals surface area contributed by atoms with Crippen LogP contribution in [0.3, 0.4) is 0 Å². The maximum absolute atomic E-state index is 10.9. The molecule has 0 unspecified atom stereocenters. The second kappa shape index (κ2) is 8.20. The molecule has 0 aliphatic rings. The van der Waals surface area contributed by atoms with Gasteiger partial charge < -0.3 is 9.15 Å². The summed E-state index contributed by atoms with van der Waals surface area (Å²) in [6.45, 7) is 2.05. The molecular formula is C17H14ClN3O4S. The monoisotopic (exact) mass is 391 g/mol. The first-order chi connectivity index (χ1) is 12.5. The number of hydrogen-bond acceptors (Lipinski definition) is 7. The Morgan fingerprint density at radius 3 is 2.77 bits per heavy atom. The summed E-state index contributed by atoms with van der Waals surface area (Å²) < 4.78 is 11.1. The van der Waals surface area contributed by atoms with Gasteiger partial charge >= 0.3 is 0 Å². The molecule has 0 aliphatic heterocycles. The molecule has 1 atom stereocenters. The van der Waals surface area contributed by atoms with Crippen molar-refractivity contribution >= 4 is 29.1 Å². The van der Waals surface area contributed by atoms with Gasteiger partial charge in [0.15, 0.2) is 6.61 Å². The molecule has 0 saturated carbocycles. The summed E-state index contributed by atoms with van der Waals surface area (Å²) in [5.74, 6) is 0.987. The van der Waals surface area contributed by atoms with Crippen LogP contribution in [0, 0.1) is 10.1 Å². The van der Waals surface area contributed by atoms with E-state index in [0.29, 0.717) is 21.9 Å². The van der Waals surface area contributed by atoms with Crippen molar-refractivity contribution in [3.63, 3.8) is 0 Å². The largest absolute Gasteiger partial charge is 0.484 e. The van der Waals surface area contributed by atoms with Crippen molar-refractivity contribution in [3.8, 4) is 5.75 Å². The average molecular weight is 392 g/mol. The lowest BCUT2D eigenvalue weighted by Gasteiger charge is -2.08. The third-order valence-electron chi connectivity index (χ3n) is 3.45. The fraction of sp³-hybridized carbons (Fsp3) is 0.176. The molecule has 0 amide bonds. The molecule has 1 aromatic heterocycles. The quantitative estimate of drug-likeness (QED) is 0.315. The van der Waals surface area contributed by atoms with Gasteiger partial charge in [-0.3, -0.25) is 10.1 Å². The van der Waals surface area contributed by atoms with Gasteiger partial charge in [0.25, 0.3) is 16.8 Å². The Kier molecular flexibility index (Phi) is 5.75. The molecular weight excluding hydrogens is 378 g/mol. The minimum absolute atomic E-state index is 0.0533. The van der Waals surface area contributed by atoms with Gasteiger partial charge in [-0.05, 0) is 36.8 Å². The van der Waals surface area contributed by atoms with E-state index < -0.39 is 4.92 Å². The van der Waals surface area contributed by atoms with Crippen molar-refractivity contribution in [3.05, 3.63) is 75.1 Å². The van der Waals surface area contributed by atoms with Gasteiger partial charge in [-0.2, -0.15) is 0 Å². The Morgan fingerprint density at radius 1 is 1.27 bits per heavy atom. The van der Waals surface area contributed by atoms with E-state index in [0.717, 1.165) is 5.56 Å². The molecule has 0 spiro atoms. The van der Waals surface area contributed by atoms with Gasteiger partial charge in [0.05, 0.1) is 4.92 Å². The fourth-order valence-corrected chi connectivity index (χ4v) is 3.07. The highest BCUT2D eigenvalue weighted by atomic mass is 35.5. The second-order valence-electron chi connectivity index (χ2n) is 5.32. The van der Waals surface area contributed by atoms with Gasteiger partial charge in [-0.1, -0.05) is 35.5 Å². The van der Waals surface area contributed by atoms with E-state index in [1.54, 1.807) is 36.4 Å². The Hall–Kier alpha value is -2.58. The van der Waals surface area contributed by atoms with Crippen LogP contribution in [0.2, 0.25) is 5.02 Å². The number of hydrogen-bond donors (Lipinski definition) is 0. The first-order valence-corrected chi connectivity index (χ1v) is 8.89. The number of non-ortho nitro benzene ring substituents is 1. The molecule has 0 radical (unpaired) electrons. The fourth-order valence-electron chi connectivity index (χ4n) is 2.13. The van der Waals surface area contributed by atoms with Gasteiger partial charge in [0, 0.05) is 22.4 Å². The highest BCUT2D eigenvalue weighted by Gasteiger charge is 2.16. The van der Waals surface area contributed by atoms with E-state index in [2.05, 4.69) is 10.2 Å². The second-order valence-corrected chi connectivity index (χ2v) is 7.04. The van der Waals surface area contributed by atoms with E-state index in [9.17, 15) is 10.1 Å². The number of ether oxygens (including phenoxy) is 1. The van der Waals surface area contributed by atoms with Crippen molar-refractivity contribution in [2.24, 2.45) is 0 Å². The minimum atomic E-state index is -0.417. The van der Waals surface area contributed by atoms with Crippen LogP contribution in [0.5, 0.6) is 5.75 Å². The predicted octanol–water partition coefficient (Wildman–Crippen LogP) is 5.06. The molecule has 7 nitrogen and oxygen atoms in total. The summed E-state index contributed by atoms with van der Waals surface area (Å²) in [7, 11) is 0. The lowest BCUT2D eigenvalue weighted by molar-refractivity contribution is -0.384. The molecule has 0 N–H and O–H groups in total. The first-order valence-electron chi connectivity index (χ1n) is 7.63. The van der Waals surface area contributed by atoms with E-state index >= 15 is 0 Å². The maximum atomic E-state index is 10.9. The summed E-state index contributed by atoms with van der Waals surface area (Å²) in [4.78, 5) is 10.5. The summed E-state index contributed by atoms with van der Waals surface area (Å²) >= 11 is 7.15. The Morgan fingerprint density at radius 2 is 2.04 bits per heavy atom. The van der Waals surface area contributed by atoms with Crippen LogP contribution in [-0.4, -0.2) is 15.1 Å². The summed E-state index contributed by atoms with van der Waals surface area (Å²) in [6.07, 6.45) is 0. The van der Waals surface area contributed by atoms with Crippen LogP contribution < -0.4 is 4.74 Å². The Labute approximate surface area is 158 Å². The number of thioether (sulfide) groups is 1. The van der Waals surface area contributed by atoms with Crippen molar-refractivity contribution < 1.29 is 14.1 Å². The average Bonchev–Trinajstić information content (AvgIpc) is 3.08. The lowest BCUT2D eigenvalue weighted by Crippen LogP contribution is -1.95.